The van der Waals surface area contributed by atoms with E-state index in [0.29, 0.717) is 11.8 Å². The van der Waals surface area contributed by atoms with Crippen molar-refractivity contribution in [3.05, 3.63) is 24.6 Å². The van der Waals surface area contributed by atoms with Crippen LogP contribution in [0.3, 0.4) is 0 Å². The van der Waals surface area contributed by atoms with E-state index < -0.39 is 0 Å². The smallest absolute Gasteiger partial charge is 0.227 e. The van der Waals surface area contributed by atoms with Gasteiger partial charge in [-0.25, -0.2) is 4.98 Å². The molecule has 1 saturated heterocycles. The number of nitrogens with one attached hydrogen (secondary N) is 2. The van der Waals surface area contributed by atoms with Crippen LogP contribution < -0.4 is 10.6 Å². The van der Waals surface area contributed by atoms with E-state index in [4.69, 9.17) is 4.42 Å². The lowest BCUT2D eigenvalue weighted by atomic mass is 10.2. The van der Waals surface area contributed by atoms with Crippen molar-refractivity contribution in [2.75, 3.05) is 18.4 Å². The summed E-state index contributed by atoms with van der Waals surface area (Å²) in [5.41, 5.74) is 1.80. The second-order valence-electron chi connectivity index (χ2n) is 4.17. The van der Waals surface area contributed by atoms with E-state index in [1.165, 1.54) is 12.8 Å². The van der Waals surface area contributed by atoms with E-state index in [9.17, 15) is 0 Å². The third-order valence-electron chi connectivity index (χ3n) is 3.07. The van der Waals surface area contributed by atoms with Gasteiger partial charge >= 0.3 is 0 Å². The average Bonchev–Trinajstić information content (AvgIpc) is 2.97. The molecule has 84 valence electrons. The second-order valence-corrected chi connectivity index (χ2v) is 4.17. The van der Waals surface area contributed by atoms with E-state index in [1.807, 2.05) is 12.1 Å². The normalized spacial score (nSPS) is 20.4. The van der Waals surface area contributed by atoms with Crippen LogP contribution in [0.2, 0.25) is 0 Å². The molecular formula is C12H15N3O. The zero-order valence-corrected chi connectivity index (χ0v) is 9.07. The number of hydrogen-bond donors (Lipinski definition) is 2. The molecule has 1 unspecified atom stereocenters. The number of anilines is 1. The van der Waals surface area contributed by atoms with E-state index in [-0.39, 0.29) is 0 Å². The molecule has 3 heterocycles. The molecule has 3 rings (SSSR count). The Balaban J connectivity index is 1.75. The summed E-state index contributed by atoms with van der Waals surface area (Å²) >= 11 is 0. The minimum absolute atomic E-state index is 0.593. The molecule has 2 aromatic heterocycles. The van der Waals surface area contributed by atoms with Crippen molar-refractivity contribution in [3.8, 4) is 0 Å². The van der Waals surface area contributed by atoms with Crippen molar-refractivity contribution in [1.82, 2.24) is 10.3 Å². The van der Waals surface area contributed by atoms with Crippen LogP contribution >= 0.6 is 0 Å². The summed E-state index contributed by atoms with van der Waals surface area (Å²) in [6, 6.07) is 4.54. The molecule has 2 aromatic rings. The summed E-state index contributed by atoms with van der Waals surface area (Å²) < 4.78 is 5.26. The van der Waals surface area contributed by atoms with Crippen LogP contribution in [-0.2, 0) is 0 Å². The van der Waals surface area contributed by atoms with Gasteiger partial charge in [-0.05, 0) is 31.5 Å². The molecule has 2 N–H and O–H groups in total. The highest BCUT2D eigenvalue weighted by atomic mass is 16.3. The third kappa shape index (κ3) is 1.76. The SMILES string of the molecule is c1cc(NCC2CCCN2)c2ccoc2n1. The Labute approximate surface area is 94.0 Å². The van der Waals surface area contributed by atoms with Crippen molar-refractivity contribution in [2.24, 2.45) is 0 Å². The minimum atomic E-state index is 0.593. The first-order valence-corrected chi connectivity index (χ1v) is 5.73. The number of rotatable bonds is 3. The fourth-order valence-electron chi connectivity index (χ4n) is 2.19. The molecule has 0 amide bonds. The van der Waals surface area contributed by atoms with E-state index >= 15 is 0 Å². The first-order valence-electron chi connectivity index (χ1n) is 5.73. The highest BCUT2D eigenvalue weighted by Gasteiger charge is 2.13. The zero-order chi connectivity index (χ0) is 10.8. The van der Waals surface area contributed by atoms with Crippen LogP contribution in [0.15, 0.2) is 29.0 Å². The maximum absolute atomic E-state index is 5.26. The van der Waals surface area contributed by atoms with Crippen molar-refractivity contribution in [3.63, 3.8) is 0 Å². The minimum Gasteiger partial charge on any atom is -0.446 e. The van der Waals surface area contributed by atoms with Crippen LogP contribution in [-0.4, -0.2) is 24.1 Å². The first-order chi connectivity index (χ1) is 7.93. The summed E-state index contributed by atoms with van der Waals surface area (Å²) in [4.78, 5) is 4.16. The zero-order valence-electron chi connectivity index (χ0n) is 9.07. The van der Waals surface area contributed by atoms with Crippen molar-refractivity contribution >= 4 is 16.8 Å². The number of hydrogen-bond acceptors (Lipinski definition) is 4. The Kier molecular flexibility index (Phi) is 2.50. The Morgan fingerprint density at radius 1 is 1.50 bits per heavy atom. The van der Waals surface area contributed by atoms with E-state index in [2.05, 4.69) is 15.6 Å². The number of pyridine rings is 1. The van der Waals surface area contributed by atoms with Crippen LogP contribution in [0.1, 0.15) is 12.8 Å². The van der Waals surface area contributed by atoms with Gasteiger partial charge in [-0.2, -0.15) is 0 Å². The summed E-state index contributed by atoms with van der Waals surface area (Å²) in [6.45, 7) is 2.11. The van der Waals surface area contributed by atoms with Crippen molar-refractivity contribution < 1.29 is 4.42 Å². The predicted molar refractivity (Wildman–Crippen MR) is 63.5 cm³/mol. The molecule has 0 radical (unpaired) electrons. The van der Waals surface area contributed by atoms with Gasteiger partial charge in [0.25, 0.3) is 0 Å². The molecule has 0 aliphatic carbocycles. The Hall–Kier alpha value is -1.55. The van der Waals surface area contributed by atoms with Crippen LogP contribution in [0.25, 0.3) is 11.1 Å². The molecule has 16 heavy (non-hydrogen) atoms. The van der Waals surface area contributed by atoms with Gasteiger partial charge in [0, 0.05) is 24.5 Å². The molecule has 0 spiro atoms. The van der Waals surface area contributed by atoms with Crippen LogP contribution in [0, 0.1) is 0 Å². The van der Waals surface area contributed by atoms with Gasteiger partial charge < -0.3 is 15.1 Å². The second kappa shape index (κ2) is 4.14. The monoisotopic (exact) mass is 217 g/mol. The quantitative estimate of drug-likeness (QED) is 0.825. The number of aromatic nitrogens is 1. The molecule has 1 aliphatic heterocycles. The largest absolute Gasteiger partial charge is 0.446 e. The molecule has 4 nitrogen and oxygen atoms in total. The van der Waals surface area contributed by atoms with Gasteiger partial charge in [0.15, 0.2) is 0 Å². The molecule has 4 heteroatoms. The maximum Gasteiger partial charge on any atom is 0.227 e. The molecule has 1 atom stereocenters. The standard InChI is InChI=1S/C12H15N3O/c1-2-9(13-5-1)8-15-11-3-6-14-12-10(11)4-7-16-12/h3-4,6-7,9,13H,1-2,5,8H2,(H,14,15). The summed E-state index contributed by atoms with van der Waals surface area (Å²) in [6.07, 6.45) is 5.99. The lowest BCUT2D eigenvalue weighted by molar-refractivity contribution is 0.603. The number of furan rings is 1. The van der Waals surface area contributed by atoms with Crippen molar-refractivity contribution in [2.45, 2.75) is 18.9 Å². The number of fused-ring (bicyclic) bond motifs is 1. The Morgan fingerprint density at radius 3 is 3.38 bits per heavy atom. The Morgan fingerprint density at radius 2 is 2.50 bits per heavy atom. The molecular weight excluding hydrogens is 202 g/mol. The Bertz CT molecular complexity index is 474. The molecule has 1 aliphatic rings. The predicted octanol–water partition coefficient (Wildman–Crippen LogP) is 1.99. The molecule has 1 fully saturated rings. The lowest BCUT2D eigenvalue weighted by Crippen LogP contribution is -2.29. The van der Waals surface area contributed by atoms with Crippen LogP contribution in [0.5, 0.6) is 0 Å². The van der Waals surface area contributed by atoms with Crippen LogP contribution in [0.4, 0.5) is 5.69 Å². The lowest BCUT2D eigenvalue weighted by Gasteiger charge is -2.12. The highest BCUT2D eigenvalue weighted by Crippen LogP contribution is 2.22. The van der Waals surface area contributed by atoms with Gasteiger partial charge in [0.05, 0.1) is 11.6 Å². The topological polar surface area (TPSA) is 50.1 Å². The summed E-state index contributed by atoms with van der Waals surface area (Å²) in [5, 5.41) is 7.98. The summed E-state index contributed by atoms with van der Waals surface area (Å²) in [5.74, 6) is 0. The molecule has 0 bridgehead atoms. The average molecular weight is 217 g/mol. The fourth-order valence-corrected chi connectivity index (χ4v) is 2.19. The van der Waals surface area contributed by atoms with Gasteiger partial charge in [0.2, 0.25) is 5.71 Å². The van der Waals surface area contributed by atoms with Gasteiger partial charge in [0.1, 0.15) is 0 Å². The van der Waals surface area contributed by atoms with Crippen molar-refractivity contribution in [1.29, 1.82) is 0 Å². The number of nitrogens with zero attached hydrogens (tertiary/aromatic N) is 1. The van der Waals surface area contributed by atoms with Gasteiger partial charge in [-0.3, -0.25) is 0 Å². The van der Waals surface area contributed by atoms with Gasteiger partial charge in [-0.15, -0.1) is 0 Å². The first kappa shape index (κ1) is 9.66. The molecule has 0 saturated carbocycles. The fraction of sp³-hybridized carbons (Fsp3) is 0.417. The van der Waals surface area contributed by atoms with Gasteiger partial charge in [-0.1, -0.05) is 0 Å². The summed E-state index contributed by atoms with van der Waals surface area (Å²) in [7, 11) is 0. The highest BCUT2D eigenvalue weighted by molar-refractivity contribution is 5.87. The third-order valence-corrected chi connectivity index (χ3v) is 3.07. The van der Waals surface area contributed by atoms with E-state index in [1.54, 1.807) is 12.5 Å². The molecule has 0 aromatic carbocycles. The maximum atomic E-state index is 5.26. The van der Waals surface area contributed by atoms with E-state index in [0.717, 1.165) is 24.2 Å².